The highest BCUT2D eigenvalue weighted by Crippen LogP contribution is 2.66. The van der Waals surface area contributed by atoms with E-state index in [0.29, 0.717) is 18.0 Å². The zero-order chi connectivity index (χ0) is 23.2. The number of alkyl halides is 1. The zero-order valence-electron chi connectivity index (χ0n) is 17.1. The Bertz CT molecular complexity index is 1240. The average Bonchev–Trinajstić information content (AvgIpc) is 3.27. The lowest BCUT2D eigenvalue weighted by atomic mass is 9.84. The quantitative estimate of drug-likeness (QED) is 0.549. The van der Waals surface area contributed by atoms with Gasteiger partial charge in [0.1, 0.15) is 23.7 Å². The summed E-state index contributed by atoms with van der Waals surface area (Å²) in [7, 11) is 0. The van der Waals surface area contributed by atoms with E-state index in [1.165, 1.54) is 48.3 Å². The van der Waals surface area contributed by atoms with Crippen molar-refractivity contribution < 1.29 is 13.6 Å². The molecule has 2 aliphatic rings. The number of benzene rings is 1. The first-order valence-electron chi connectivity index (χ1n) is 10.0. The lowest BCUT2D eigenvalue weighted by molar-refractivity contribution is 0.102. The molecular formula is C21H18ClF2N7OS. The first-order chi connectivity index (χ1) is 15.8. The summed E-state index contributed by atoms with van der Waals surface area (Å²) < 4.78 is 31.0. The third kappa shape index (κ3) is 3.84. The van der Waals surface area contributed by atoms with Crippen LogP contribution in [0.5, 0.6) is 0 Å². The molecule has 3 heterocycles. The number of aliphatic imine (C=N–C) groups is 1. The van der Waals surface area contributed by atoms with Crippen LogP contribution in [0.1, 0.15) is 22.5 Å². The van der Waals surface area contributed by atoms with E-state index in [1.807, 2.05) is 0 Å². The van der Waals surface area contributed by atoms with Crippen molar-refractivity contribution in [2.75, 3.05) is 12.0 Å². The number of halogens is 3. The molecule has 0 radical (unpaired) electrons. The van der Waals surface area contributed by atoms with Gasteiger partial charge in [0.05, 0.1) is 17.8 Å². The van der Waals surface area contributed by atoms with Gasteiger partial charge in [-0.25, -0.2) is 18.8 Å². The van der Waals surface area contributed by atoms with Crippen LogP contribution in [0.3, 0.4) is 0 Å². The molecule has 8 nitrogen and oxygen atoms in total. The van der Waals surface area contributed by atoms with Crippen molar-refractivity contribution in [2.45, 2.75) is 23.3 Å². The van der Waals surface area contributed by atoms with Gasteiger partial charge in [-0.05, 0) is 36.8 Å². The number of nitrogens with one attached hydrogen (secondary N) is 1. The number of fused-ring (bicyclic) bond motifs is 1. The molecule has 3 aromatic rings. The lowest BCUT2D eigenvalue weighted by Gasteiger charge is -2.35. The van der Waals surface area contributed by atoms with E-state index < -0.39 is 28.7 Å². The summed E-state index contributed by atoms with van der Waals surface area (Å²) in [6, 6.07) is 7.01. The van der Waals surface area contributed by atoms with Gasteiger partial charge < -0.3 is 11.1 Å². The maximum atomic E-state index is 15.1. The van der Waals surface area contributed by atoms with Gasteiger partial charge in [-0.15, -0.1) is 5.10 Å². The molecule has 1 amide bonds. The molecule has 0 saturated heterocycles. The molecule has 1 aliphatic carbocycles. The predicted octanol–water partition coefficient (Wildman–Crippen LogP) is 3.40. The fourth-order valence-corrected chi connectivity index (χ4v) is 5.91. The van der Waals surface area contributed by atoms with Crippen LogP contribution in [-0.4, -0.2) is 42.5 Å². The van der Waals surface area contributed by atoms with E-state index in [1.54, 1.807) is 17.1 Å². The molecule has 5 rings (SSSR count). The third-order valence-electron chi connectivity index (χ3n) is 5.97. The van der Waals surface area contributed by atoms with Crippen molar-refractivity contribution >= 4 is 40.1 Å². The summed E-state index contributed by atoms with van der Waals surface area (Å²) in [5, 5.41) is 11.0. The molecular weight excluding hydrogens is 472 g/mol. The number of amidine groups is 1. The van der Waals surface area contributed by atoms with E-state index in [2.05, 4.69) is 25.6 Å². The number of anilines is 1. The van der Waals surface area contributed by atoms with E-state index >= 15 is 4.39 Å². The first-order valence-corrected chi connectivity index (χ1v) is 11.2. The van der Waals surface area contributed by atoms with Gasteiger partial charge >= 0.3 is 0 Å². The highest BCUT2D eigenvalue weighted by Gasteiger charge is 2.68. The highest BCUT2D eigenvalue weighted by atomic mass is 35.5. The molecule has 33 heavy (non-hydrogen) atoms. The number of aromatic nitrogens is 4. The summed E-state index contributed by atoms with van der Waals surface area (Å²) in [4.78, 5) is 20.9. The Hall–Kier alpha value is -3.05. The van der Waals surface area contributed by atoms with Crippen LogP contribution >= 0.6 is 23.4 Å². The van der Waals surface area contributed by atoms with Crippen molar-refractivity contribution in [1.82, 2.24) is 20.0 Å². The summed E-state index contributed by atoms with van der Waals surface area (Å²) >= 11 is 7.17. The normalized spacial score (nSPS) is 25.8. The molecule has 170 valence electrons. The second-order valence-corrected chi connectivity index (χ2v) is 9.91. The monoisotopic (exact) mass is 489 g/mol. The van der Waals surface area contributed by atoms with Gasteiger partial charge in [-0.3, -0.25) is 9.48 Å². The minimum atomic E-state index is -1.50. The molecule has 0 spiro atoms. The number of nitrogens with zero attached hydrogens (tertiary/aromatic N) is 5. The van der Waals surface area contributed by atoms with E-state index in [4.69, 9.17) is 17.3 Å². The SMILES string of the molecule is NC1=N[C@](CF)(c2cc(NC(=O)c3ccc(Cl)cn3)ccc2F)[C@@H]2C[C@]2(Cn2ccnn2)S1. The van der Waals surface area contributed by atoms with Gasteiger partial charge in [0, 0.05) is 34.3 Å². The topological polar surface area (TPSA) is 111 Å². The molecule has 1 aromatic carbocycles. The van der Waals surface area contributed by atoms with Crippen LogP contribution in [0.4, 0.5) is 14.5 Å². The number of thioether (sulfide) groups is 1. The van der Waals surface area contributed by atoms with Crippen LogP contribution in [-0.2, 0) is 12.1 Å². The third-order valence-corrected chi connectivity index (χ3v) is 7.49. The maximum Gasteiger partial charge on any atom is 0.274 e. The molecule has 2 aromatic heterocycles. The average molecular weight is 490 g/mol. The lowest BCUT2D eigenvalue weighted by Crippen LogP contribution is -2.41. The summed E-state index contributed by atoms with van der Waals surface area (Å²) in [6.45, 7) is -0.494. The molecule has 0 bridgehead atoms. The first kappa shape index (κ1) is 21.8. The van der Waals surface area contributed by atoms with Gasteiger partial charge in [-0.1, -0.05) is 28.6 Å². The van der Waals surface area contributed by atoms with Crippen molar-refractivity contribution in [1.29, 1.82) is 0 Å². The number of hydrogen-bond donors (Lipinski definition) is 2. The minimum Gasteiger partial charge on any atom is -0.378 e. The number of carbonyl (C=O) groups is 1. The molecule has 1 fully saturated rings. The number of carbonyl (C=O) groups excluding carboxylic acids is 1. The number of rotatable bonds is 6. The van der Waals surface area contributed by atoms with E-state index in [0.717, 1.165) is 0 Å². The van der Waals surface area contributed by atoms with Crippen molar-refractivity contribution in [2.24, 2.45) is 16.6 Å². The summed E-state index contributed by atoms with van der Waals surface area (Å²) in [5.41, 5.74) is 5.07. The number of hydrogen-bond acceptors (Lipinski definition) is 7. The Morgan fingerprint density at radius 1 is 1.36 bits per heavy atom. The van der Waals surface area contributed by atoms with E-state index in [-0.39, 0.29) is 28.0 Å². The molecule has 12 heteroatoms. The molecule has 0 unspecified atom stereocenters. The Labute approximate surface area is 196 Å². The van der Waals surface area contributed by atoms with Crippen LogP contribution in [0.25, 0.3) is 0 Å². The van der Waals surface area contributed by atoms with E-state index in [9.17, 15) is 9.18 Å². The largest absolute Gasteiger partial charge is 0.378 e. The number of nitrogens with two attached hydrogens (primary N) is 1. The predicted molar refractivity (Wildman–Crippen MR) is 121 cm³/mol. The molecule has 1 saturated carbocycles. The Morgan fingerprint density at radius 3 is 2.91 bits per heavy atom. The molecule has 1 aliphatic heterocycles. The van der Waals surface area contributed by atoms with Crippen molar-refractivity contribution in [3.8, 4) is 0 Å². The zero-order valence-corrected chi connectivity index (χ0v) is 18.7. The van der Waals surface area contributed by atoms with Crippen molar-refractivity contribution in [3.05, 3.63) is 71.0 Å². The smallest absolute Gasteiger partial charge is 0.274 e. The van der Waals surface area contributed by atoms with Gasteiger partial charge in [-0.2, -0.15) is 0 Å². The Morgan fingerprint density at radius 2 is 2.21 bits per heavy atom. The molecule has 3 N–H and O–H groups in total. The van der Waals surface area contributed by atoms with Crippen LogP contribution < -0.4 is 11.1 Å². The fourth-order valence-electron chi connectivity index (χ4n) is 4.39. The Balaban J connectivity index is 1.47. The molecule has 3 atom stereocenters. The highest BCUT2D eigenvalue weighted by molar-refractivity contribution is 8.15. The second-order valence-electron chi connectivity index (χ2n) is 8.04. The van der Waals surface area contributed by atoms with Crippen LogP contribution in [0.2, 0.25) is 5.02 Å². The van der Waals surface area contributed by atoms with Crippen molar-refractivity contribution in [3.63, 3.8) is 0 Å². The number of pyridine rings is 1. The second kappa shape index (κ2) is 8.07. The fraction of sp³-hybridized carbons (Fsp3) is 0.286. The van der Waals surface area contributed by atoms with Gasteiger partial charge in [0.25, 0.3) is 5.91 Å². The summed E-state index contributed by atoms with van der Waals surface area (Å²) in [6.07, 6.45) is 5.20. The maximum absolute atomic E-state index is 15.1. The Kier molecular flexibility index (Phi) is 5.32. The van der Waals surface area contributed by atoms with Crippen LogP contribution in [0.15, 0.2) is 53.9 Å². The standard InChI is InChI=1S/C21H18ClF2N7OS/c22-12-1-4-16(26-9-12)18(32)28-13-2-3-15(24)14(7-13)21(10-23)17-8-20(17,33-19(25)29-21)11-31-6-5-27-30-31/h1-7,9,17H,8,10-11H2,(H2,25,29)(H,28,32)/t17-,20-,21-/m1/s1. The van der Waals surface area contributed by atoms with Gasteiger partial charge in [0.2, 0.25) is 0 Å². The number of amides is 1. The van der Waals surface area contributed by atoms with Crippen LogP contribution in [0, 0.1) is 11.7 Å². The minimum absolute atomic E-state index is 0.0422. The summed E-state index contributed by atoms with van der Waals surface area (Å²) in [5.74, 6) is -1.44. The van der Waals surface area contributed by atoms with Gasteiger partial charge in [0.15, 0.2) is 5.17 Å².